The smallest absolute Gasteiger partial charge is 0.278 e. The van der Waals surface area contributed by atoms with E-state index in [0.29, 0.717) is 0 Å². The molecule has 0 aliphatic carbocycles. The largest absolute Gasteiger partial charge is 0.382 e. The summed E-state index contributed by atoms with van der Waals surface area (Å²) in [7, 11) is 0. The van der Waals surface area contributed by atoms with E-state index >= 15 is 0 Å². The highest BCUT2D eigenvalue weighted by Crippen LogP contribution is 2.48. The maximum absolute atomic E-state index is 12.4. The van der Waals surface area contributed by atoms with E-state index in [9.17, 15) is 34.5 Å². The van der Waals surface area contributed by atoms with E-state index in [1.165, 1.54) is 0 Å². The van der Waals surface area contributed by atoms with Crippen LogP contribution in [0.4, 0.5) is 0 Å². The molecule has 0 amide bonds. The van der Waals surface area contributed by atoms with Crippen LogP contribution in [-0.4, -0.2) is 75.6 Å². The zero-order valence-corrected chi connectivity index (χ0v) is 15.1. The highest BCUT2D eigenvalue weighted by molar-refractivity contribution is 6.00. The van der Waals surface area contributed by atoms with Crippen molar-refractivity contribution in [1.29, 1.82) is 0 Å². The number of fused-ring (bicyclic) bond motifs is 1. The Morgan fingerprint density at radius 2 is 1.79 bits per heavy atom. The number of nitrogens with one attached hydrogen (secondary N) is 1. The van der Waals surface area contributed by atoms with E-state index in [-0.39, 0.29) is 11.2 Å². The van der Waals surface area contributed by atoms with Gasteiger partial charge in [0.1, 0.15) is 12.2 Å². The molecule has 2 aromatic heterocycles. The van der Waals surface area contributed by atoms with Gasteiger partial charge in [-0.1, -0.05) is 0 Å². The van der Waals surface area contributed by atoms with Gasteiger partial charge in [-0.15, -0.1) is 0 Å². The molecular weight excluding hydrogens is 376 g/mol. The Balaban J connectivity index is 2.30. The Hall–Kier alpha value is -2.80. The van der Waals surface area contributed by atoms with Gasteiger partial charge in [0.25, 0.3) is 5.56 Å². The zero-order chi connectivity index (χ0) is 21.0. The van der Waals surface area contributed by atoms with Crippen molar-refractivity contribution in [1.82, 2.24) is 19.5 Å². The van der Waals surface area contributed by atoms with Crippen LogP contribution in [0.2, 0.25) is 0 Å². The lowest BCUT2D eigenvalue weighted by molar-refractivity contribution is -0.184. The molecule has 0 spiro atoms. The summed E-state index contributed by atoms with van der Waals surface area (Å²) in [4.78, 5) is 58.3. The molecule has 0 radical (unpaired) electrons. The highest BCUT2D eigenvalue weighted by atomic mass is 16.6. The first-order valence-electron chi connectivity index (χ1n) is 8.18. The zero-order valence-electron chi connectivity index (χ0n) is 15.1. The second-order valence-corrected chi connectivity index (χ2v) is 6.67. The van der Waals surface area contributed by atoms with Crippen LogP contribution in [0.25, 0.3) is 11.2 Å². The summed E-state index contributed by atoms with van der Waals surface area (Å²) >= 11 is 0. The average Bonchev–Trinajstić information content (AvgIpc) is 3.14. The number of aromatic amines is 1. The van der Waals surface area contributed by atoms with Crippen molar-refractivity contribution in [2.24, 2.45) is 0 Å². The predicted octanol–water partition coefficient (Wildman–Crippen LogP) is -2.39. The van der Waals surface area contributed by atoms with Crippen LogP contribution >= 0.6 is 0 Å². The Kier molecular flexibility index (Phi) is 4.54. The minimum absolute atomic E-state index is 0.114. The van der Waals surface area contributed by atoms with Crippen molar-refractivity contribution in [2.45, 2.75) is 50.4 Å². The molecule has 4 N–H and O–H groups in total. The lowest BCUT2D eigenvalue weighted by Crippen LogP contribution is -2.67. The van der Waals surface area contributed by atoms with E-state index in [1.54, 1.807) is 0 Å². The molecule has 3 rings (SSSR count). The number of ketones is 3. The van der Waals surface area contributed by atoms with Crippen molar-refractivity contribution >= 4 is 28.5 Å². The Morgan fingerprint density at radius 1 is 1.18 bits per heavy atom. The normalized spacial score (nSPS) is 31.1. The van der Waals surface area contributed by atoms with Gasteiger partial charge in [0.05, 0.1) is 12.7 Å². The third kappa shape index (κ3) is 2.39. The van der Waals surface area contributed by atoms with Crippen LogP contribution in [0.1, 0.15) is 27.0 Å². The van der Waals surface area contributed by atoms with Crippen LogP contribution in [0, 0.1) is 0 Å². The number of carbonyl (C=O) groups is 3. The molecule has 12 heteroatoms. The number of aromatic nitrogens is 4. The molecule has 12 nitrogen and oxygen atoms in total. The molecule has 0 bridgehead atoms. The number of carbonyl (C=O) groups excluding carboxylic acids is 3. The summed E-state index contributed by atoms with van der Waals surface area (Å²) in [5.41, 5.74) is -6.74. The second-order valence-electron chi connectivity index (χ2n) is 6.67. The second kappa shape index (κ2) is 6.38. The number of imidazole rings is 1. The van der Waals surface area contributed by atoms with Gasteiger partial charge in [-0.25, -0.2) is 9.97 Å². The Morgan fingerprint density at radius 3 is 2.32 bits per heavy atom. The number of H-pyrrole nitrogens is 1. The third-order valence-electron chi connectivity index (χ3n) is 5.02. The predicted molar refractivity (Wildman–Crippen MR) is 90.0 cm³/mol. The molecular formula is C16H18N4O8. The topological polar surface area (TPSA) is 185 Å². The van der Waals surface area contributed by atoms with E-state index in [2.05, 4.69) is 15.0 Å². The minimum Gasteiger partial charge on any atom is -0.382 e. The van der Waals surface area contributed by atoms with Crippen LogP contribution in [-0.2, 0) is 19.1 Å². The maximum atomic E-state index is 12.4. The minimum atomic E-state index is -2.95. The van der Waals surface area contributed by atoms with Crippen LogP contribution < -0.4 is 5.56 Å². The van der Waals surface area contributed by atoms with E-state index in [1.807, 2.05) is 0 Å². The van der Waals surface area contributed by atoms with Gasteiger partial charge in [-0.05, 0) is 20.8 Å². The van der Waals surface area contributed by atoms with Gasteiger partial charge >= 0.3 is 0 Å². The molecule has 28 heavy (non-hydrogen) atoms. The first-order chi connectivity index (χ1) is 13.0. The van der Waals surface area contributed by atoms with E-state index < -0.39 is 52.5 Å². The first kappa shape index (κ1) is 19.9. The third-order valence-corrected chi connectivity index (χ3v) is 5.02. The average molecular weight is 394 g/mol. The van der Waals surface area contributed by atoms with Gasteiger partial charge in [0.2, 0.25) is 5.60 Å². The van der Waals surface area contributed by atoms with Crippen LogP contribution in [0.3, 0.4) is 0 Å². The van der Waals surface area contributed by atoms with Crippen molar-refractivity contribution in [3.63, 3.8) is 0 Å². The number of hydrogen-bond acceptors (Lipinski definition) is 10. The molecule has 5 atom stereocenters. The first-order valence-corrected chi connectivity index (χ1v) is 8.18. The fourth-order valence-corrected chi connectivity index (χ4v) is 3.47. The monoisotopic (exact) mass is 394 g/mol. The fraction of sp³-hybridized carbons (Fsp3) is 0.500. The highest BCUT2D eigenvalue weighted by Gasteiger charge is 2.73. The van der Waals surface area contributed by atoms with Crippen molar-refractivity contribution in [2.75, 3.05) is 0 Å². The number of aliphatic hydroxyl groups is 3. The Labute approximate surface area is 156 Å². The molecule has 5 unspecified atom stereocenters. The molecule has 3 heterocycles. The van der Waals surface area contributed by atoms with Crippen molar-refractivity contribution < 1.29 is 34.4 Å². The summed E-state index contributed by atoms with van der Waals surface area (Å²) < 4.78 is 6.47. The van der Waals surface area contributed by atoms with Crippen molar-refractivity contribution in [3.8, 4) is 0 Å². The van der Waals surface area contributed by atoms with Gasteiger partial charge < -0.3 is 25.0 Å². The number of ether oxygens (including phenoxy) is 1. The number of rotatable bonds is 5. The van der Waals surface area contributed by atoms with Gasteiger partial charge in [-0.2, -0.15) is 0 Å². The number of hydrogen-bond donors (Lipinski definition) is 4. The molecule has 1 aliphatic heterocycles. The molecule has 1 aliphatic rings. The lowest BCUT2D eigenvalue weighted by Gasteiger charge is -2.37. The number of aliphatic hydroxyl groups excluding tert-OH is 1. The molecule has 0 aromatic carbocycles. The van der Waals surface area contributed by atoms with Crippen molar-refractivity contribution in [3.05, 3.63) is 23.0 Å². The lowest BCUT2D eigenvalue weighted by atomic mass is 9.73. The van der Waals surface area contributed by atoms with Gasteiger partial charge in [0, 0.05) is 0 Å². The molecule has 1 saturated heterocycles. The summed E-state index contributed by atoms with van der Waals surface area (Å²) in [6.07, 6.45) is -3.72. The molecule has 2 aromatic rings. The van der Waals surface area contributed by atoms with E-state index in [0.717, 1.165) is 38.0 Å². The molecule has 150 valence electrons. The van der Waals surface area contributed by atoms with Gasteiger partial charge in [-0.3, -0.25) is 23.7 Å². The summed E-state index contributed by atoms with van der Waals surface area (Å²) in [5.74, 6) is -3.03. The summed E-state index contributed by atoms with van der Waals surface area (Å²) in [5, 5.41) is 32.4. The maximum Gasteiger partial charge on any atom is 0.278 e. The Bertz CT molecular complexity index is 1040. The van der Waals surface area contributed by atoms with E-state index in [4.69, 9.17) is 4.74 Å². The molecule has 0 saturated carbocycles. The SMILES string of the molecule is CC(=O)C(O)C1OC(n2cnc3c(=O)[nH]cnc32)C(O)(C(C)=O)C1(O)C(C)=O. The quantitative estimate of drug-likeness (QED) is 0.426. The van der Waals surface area contributed by atoms with Crippen LogP contribution in [0.5, 0.6) is 0 Å². The van der Waals surface area contributed by atoms with Gasteiger partial charge in [0.15, 0.2) is 40.3 Å². The number of Topliss-reactive ketones (excluding diaryl/α,β-unsaturated/α-hetero) is 3. The number of nitrogens with zero attached hydrogens (tertiary/aromatic N) is 3. The fourth-order valence-electron chi connectivity index (χ4n) is 3.47. The summed E-state index contributed by atoms with van der Waals surface area (Å²) in [6.45, 7) is 2.78. The summed E-state index contributed by atoms with van der Waals surface area (Å²) in [6, 6.07) is 0. The van der Waals surface area contributed by atoms with Crippen LogP contribution in [0.15, 0.2) is 17.4 Å². The molecule has 1 fully saturated rings. The standard InChI is InChI=1S/C16H18N4O8/c1-6(21)10(24)11-15(26,7(2)22)16(27,8(3)23)14(28-11)20-5-19-9-12(20)17-4-18-13(9)25/h4-5,10-11,14,24,26-27H,1-3H3,(H,17,18,25).